The lowest BCUT2D eigenvalue weighted by Crippen LogP contribution is -2.34. The van der Waals surface area contributed by atoms with Crippen LogP contribution in [-0.4, -0.2) is 24.2 Å². The predicted molar refractivity (Wildman–Crippen MR) is 68.6 cm³/mol. The number of nitrogens with one attached hydrogen (secondary N) is 1. The monoisotopic (exact) mass is 238 g/mol. The van der Waals surface area contributed by atoms with Gasteiger partial charge in [0.05, 0.1) is 5.25 Å². The van der Waals surface area contributed by atoms with Crippen LogP contribution in [0.2, 0.25) is 0 Å². The van der Waals surface area contributed by atoms with Crippen LogP contribution in [0.4, 0.5) is 0 Å². The number of hydrogen-bond acceptors (Lipinski definition) is 3. The highest BCUT2D eigenvalue weighted by molar-refractivity contribution is 8.00. The van der Waals surface area contributed by atoms with Gasteiger partial charge in [0, 0.05) is 18.0 Å². The smallest absolute Gasteiger partial charge is 0.233 e. The zero-order valence-corrected chi connectivity index (χ0v) is 10.5. The van der Waals surface area contributed by atoms with Gasteiger partial charge in [-0.3, -0.25) is 4.79 Å². The minimum Gasteiger partial charge on any atom is -0.354 e. The predicted octanol–water partition coefficient (Wildman–Crippen LogP) is 1.55. The molecule has 1 unspecified atom stereocenters. The van der Waals surface area contributed by atoms with Gasteiger partial charge in [0.15, 0.2) is 0 Å². The summed E-state index contributed by atoms with van der Waals surface area (Å²) in [4.78, 5) is 12.7. The number of thioether (sulfide) groups is 1. The molecule has 0 aliphatic rings. The molecule has 1 atom stereocenters. The third-order valence-electron chi connectivity index (χ3n) is 2.15. The topological polar surface area (TPSA) is 55.1 Å². The Morgan fingerprint density at radius 2 is 2.06 bits per heavy atom. The summed E-state index contributed by atoms with van der Waals surface area (Å²) in [6, 6.07) is 8.17. The molecule has 0 bridgehead atoms. The molecular formula is C12H18N2OS. The second kappa shape index (κ2) is 6.55. The molecule has 0 saturated heterocycles. The van der Waals surface area contributed by atoms with Crippen LogP contribution in [0.5, 0.6) is 0 Å². The molecule has 3 N–H and O–H groups in total. The number of aryl methyl sites for hydroxylation is 1. The zero-order valence-electron chi connectivity index (χ0n) is 9.69. The van der Waals surface area contributed by atoms with Gasteiger partial charge in [-0.15, -0.1) is 11.8 Å². The Morgan fingerprint density at radius 1 is 1.44 bits per heavy atom. The van der Waals surface area contributed by atoms with Gasteiger partial charge < -0.3 is 11.1 Å². The first kappa shape index (κ1) is 13.1. The van der Waals surface area contributed by atoms with Crippen LogP contribution in [0, 0.1) is 6.92 Å². The first-order chi connectivity index (χ1) is 7.63. The Hall–Kier alpha value is -1.00. The van der Waals surface area contributed by atoms with Crippen molar-refractivity contribution in [2.24, 2.45) is 5.73 Å². The summed E-state index contributed by atoms with van der Waals surface area (Å²) in [5.74, 6) is 0.0380. The molecule has 0 radical (unpaired) electrons. The number of amides is 1. The fraction of sp³-hybridized carbons (Fsp3) is 0.417. The van der Waals surface area contributed by atoms with Crippen molar-refractivity contribution in [1.82, 2.24) is 5.32 Å². The fourth-order valence-electron chi connectivity index (χ4n) is 1.21. The van der Waals surface area contributed by atoms with E-state index in [0.717, 1.165) is 4.90 Å². The summed E-state index contributed by atoms with van der Waals surface area (Å²) < 4.78 is 0. The maximum Gasteiger partial charge on any atom is 0.233 e. The number of carbonyl (C=O) groups is 1. The summed E-state index contributed by atoms with van der Waals surface area (Å²) in [5.41, 5.74) is 6.55. The van der Waals surface area contributed by atoms with E-state index in [-0.39, 0.29) is 11.2 Å². The van der Waals surface area contributed by atoms with Gasteiger partial charge in [-0.25, -0.2) is 0 Å². The van der Waals surface area contributed by atoms with Gasteiger partial charge in [-0.05, 0) is 26.0 Å². The van der Waals surface area contributed by atoms with Gasteiger partial charge in [0.2, 0.25) is 5.91 Å². The maximum atomic E-state index is 11.6. The first-order valence-corrected chi connectivity index (χ1v) is 6.22. The average molecular weight is 238 g/mol. The minimum atomic E-state index is -0.0887. The summed E-state index contributed by atoms with van der Waals surface area (Å²) in [5, 5.41) is 2.69. The van der Waals surface area contributed by atoms with Crippen molar-refractivity contribution in [3.8, 4) is 0 Å². The second-order valence-corrected chi connectivity index (χ2v) is 5.07. The molecular weight excluding hydrogens is 220 g/mol. The Morgan fingerprint density at radius 3 is 2.62 bits per heavy atom. The highest BCUT2D eigenvalue weighted by atomic mass is 32.2. The Labute approximate surface area is 101 Å². The van der Waals surface area contributed by atoms with Crippen LogP contribution < -0.4 is 11.1 Å². The van der Waals surface area contributed by atoms with E-state index in [1.54, 1.807) is 11.8 Å². The lowest BCUT2D eigenvalue weighted by Gasteiger charge is -2.11. The van der Waals surface area contributed by atoms with E-state index >= 15 is 0 Å². The molecule has 1 rings (SSSR count). The second-order valence-electron chi connectivity index (χ2n) is 3.65. The number of hydrogen-bond donors (Lipinski definition) is 2. The molecule has 0 heterocycles. The molecule has 0 fully saturated rings. The van der Waals surface area contributed by atoms with E-state index in [4.69, 9.17) is 5.73 Å². The summed E-state index contributed by atoms with van der Waals surface area (Å²) >= 11 is 1.56. The lowest BCUT2D eigenvalue weighted by molar-refractivity contribution is -0.120. The summed E-state index contributed by atoms with van der Waals surface area (Å²) in [7, 11) is 0. The molecule has 16 heavy (non-hydrogen) atoms. The largest absolute Gasteiger partial charge is 0.354 e. The molecule has 0 spiro atoms. The van der Waals surface area contributed by atoms with Gasteiger partial charge in [0.25, 0.3) is 0 Å². The molecule has 4 heteroatoms. The Balaban J connectivity index is 2.47. The molecule has 88 valence electrons. The molecule has 1 aromatic rings. The molecule has 3 nitrogen and oxygen atoms in total. The first-order valence-electron chi connectivity index (χ1n) is 5.34. The number of carbonyl (C=O) groups excluding carboxylic acids is 1. The molecule has 1 aromatic carbocycles. The minimum absolute atomic E-state index is 0.0380. The van der Waals surface area contributed by atoms with E-state index < -0.39 is 0 Å². The lowest BCUT2D eigenvalue weighted by atomic mass is 10.2. The van der Waals surface area contributed by atoms with Crippen molar-refractivity contribution in [2.75, 3.05) is 13.1 Å². The normalized spacial score (nSPS) is 12.2. The third-order valence-corrected chi connectivity index (χ3v) is 3.26. The quantitative estimate of drug-likeness (QED) is 0.765. The number of benzene rings is 1. The highest BCUT2D eigenvalue weighted by Crippen LogP contribution is 2.23. The van der Waals surface area contributed by atoms with E-state index in [1.807, 2.05) is 38.1 Å². The van der Waals surface area contributed by atoms with Gasteiger partial charge in [0.1, 0.15) is 0 Å². The molecule has 0 aliphatic heterocycles. The molecule has 0 aliphatic carbocycles. The van der Waals surface area contributed by atoms with Gasteiger partial charge in [-0.2, -0.15) is 0 Å². The third kappa shape index (κ3) is 4.24. The number of nitrogens with two attached hydrogens (primary N) is 1. The van der Waals surface area contributed by atoms with Gasteiger partial charge in [-0.1, -0.05) is 17.7 Å². The van der Waals surface area contributed by atoms with Crippen molar-refractivity contribution >= 4 is 17.7 Å². The van der Waals surface area contributed by atoms with Crippen LogP contribution in [0.3, 0.4) is 0 Å². The standard InChI is InChI=1S/C12H18N2OS/c1-9-3-5-11(6-4-9)16-10(2)12(15)14-8-7-13/h3-6,10H,7-8,13H2,1-2H3,(H,14,15). The summed E-state index contributed by atoms with van der Waals surface area (Å²) in [6.07, 6.45) is 0. The molecule has 0 aromatic heterocycles. The summed E-state index contributed by atoms with van der Waals surface area (Å²) in [6.45, 7) is 4.97. The zero-order chi connectivity index (χ0) is 12.0. The Bertz CT molecular complexity index is 337. The van der Waals surface area contributed by atoms with E-state index in [2.05, 4.69) is 5.32 Å². The SMILES string of the molecule is Cc1ccc(SC(C)C(=O)NCCN)cc1. The highest BCUT2D eigenvalue weighted by Gasteiger charge is 2.13. The maximum absolute atomic E-state index is 11.6. The van der Waals surface area contributed by atoms with E-state index in [9.17, 15) is 4.79 Å². The van der Waals surface area contributed by atoms with Gasteiger partial charge >= 0.3 is 0 Å². The molecule has 0 saturated carbocycles. The number of rotatable bonds is 5. The van der Waals surface area contributed by atoms with Crippen LogP contribution >= 0.6 is 11.8 Å². The van der Waals surface area contributed by atoms with Crippen LogP contribution in [0.1, 0.15) is 12.5 Å². The fourth-order valence-corrected chi connectivity index (χ4v) is 2.11. The van der Waals surface area contributed by atoms with Crippen molar-refractivity contribution < 1.29 is 4.79 Å². The van der Waals surface area contributed by atoms with Crippen LogP contribution in [0.25, 0.3) is 0 Å². The van der Waals surface area contributed by atoms with Crippen LogP contribution in [-0.2, 0) is 4.79 Å². The van der Waals surface area contributed by atoms with E-state index in [1.165, 1.54) is 5.56 Å². The molecule has 1 amide bonds. The van der Waals surface area contributed by atoms with E-state index in [0.29, 0.717) is 13.1 Å². The average Bonchev–Trinajstić information content (AvgIpc) is 2.29. The Kier molecular flexibility index (Phi) is 5.35. The van der Waals surface area contributed by atoms with Crippen molar-refractivity contribution in [3.63, 3.8) is 0 Å². The van der Waals surface area contributed by atoms with Crippen molar-refractivity contribution in [3.05, 3.63) is 29.8 Å². The van der Waals surface area contributed by atoms with Crippen molar-refractivity contribution in [2.45, 2.75) is 24.0 Å². The van der Waals surface area contributed by atoms with Crippen LogP contribution in [0.15, 0.2) is 29.2 Å². The van der Waals surface area contributed by atoms with Crippen molar-refractivity contribution in [1.29, 1.82) is 0 Å².